The van der Waals surface area contributed by atoms with Crippen molar-refractivity contribution in [2.75, 3.05) is 42.9 Å². The van der Waals surface area contributed by atoms with Crippen molar-refractivity contribution in [2.45, 2.75) is 6.92 Å². The summed E-state index contributed by atoms with van der Waals surface area (Å²) in [7, 11) is 0. The van der Waals surface area contributed by atoms with Gasteiger partial charge in [-0.3, -0.25) is 9.78 Å². The fraction of sp³-hybridized carbons (Fsp3) is 0.300. The number of nitrogens with zero attached hydrogens (tertiary/aromatic N) is 3. The van der Waals surface area contributed by atoms with Crippen LogP contribution in [0.2, 0.25) is 0 Å². The molecule has 0 bridgehead atoms. The second-order valence-corrected chi connectivity index (χ2v) is 6.52. The van der Waals surface area contributed by atoms with Crippen molar-refractivity contribution in [2.24, 2.45) is 0 Å². The monoisotopic (exact) mass is 349 g/mol. The van der Waals surface area contributed by atoms with Crippen LogP contribution in [0.1, 0.15) is 6.92 Å². The van der Waals surface area contributed by atoms with Crippen LogP contribution in [0, 0.1) is 0 Å². The van der Waals surface area contributed by atoms with Gasteiger partial charge in [0.15, 0.2) is 0 Å². The third kappa shape index (κ3) is 3.41. The Kier molecular flexibility index (Phi) is 4.58. The summed E-state index contributed by atoms with van der Waals surface area (Å²) >= 11 is 0. The first-order valence-electron chi connectivity index (χ1n) is 9.06. The number of nitrogens with one attached hydrogen (secondary N) is 2. The second-order valence-electron chi connectivity index (χ2n) is 6.52. The normalized spacial score (nSPS) is 15.3. The predicted octanol–water partition coefficient (Wildman–Crippen LogP) is 2.81. The number of aromatic amines is 1. The van der Waals surface area contributed by atoms with Crippen molar-refractivity contribution < 1.29 is 0 Å². The highest BCUT2D eigenvalue weighted by atomic mass is 16.1. The van der Waals surface area contributed by atoms with E-state index in [0.717, 1.165) is 38.4 Å². The molecule has 6 nitrogen and oxygen atoms in total. The Labute approximate surface area is 152 Å². The number of piperazine rings is 1. The van der Waals surface area contributed by atoms with Crippen LogP contribution >= 0.6 is 0 Å². The van der Waals surface area contributed by atoms with E-state index in [1.54, 1.807) is 6.07 Å². The molecular weight excluding hydrogens is 326 g/mol. The van der Waals surface area contributed by atoms with Crippen molar-refractivity contribution in [3.63, 3.8) is 0 Å². The van der Waals surface area contributed by atoms with Crippen LogP contribution in [0.3, 0.4) is 0 Å². The largest absolute Gasteiger partial charge is 0.369 e. The molecule has 1 aliphatic rings. The third-order valence-corrected chi connectivity index (χ3v) is 4.93. The molecule has 2 N–H and O–H groups in total. The van der Waals surface area contributed by atoms with Crippen LogP contribution in [-0.4, -0.2) is 47.6 Å². The third-order valence-electron chi connectivity index (χ3n) is 4.93. The zero-order valence-electron chi connectivity index (χ0n) is 14.9. The summed E-state index contributed by atoms with van der Waals surface area (Å²) in [5, 5.41) is 3.79. The lowest BCUT2D eigenvalue weighted by atomic mass is 10.2. The van der Waals surface area contributed by atoms with E-state index in [-0.39, 0.29) is 5.56 Å². The molecule has 134 valence electrons. The average Bonchev–Trinajstić information content (AvgIpc) is 2.69. The highest BCUT2D eigenvalue weighted by molar-refractivity contribution is 5.78. The van der Waals surface area contributed by atoms with E-state index in [0.29, 0.717) is 16.9 Å². The lowest BCUT2D eigenvalue weighted by Gasteiger charge is -2.35. The summed E-state index contributed by atoms with van der Waals surface area (Å²) in [6, 6.07) is 15.6. The Morgan fingerprint density at radius 1 is 1.04 bits per heavy atom. The lowest BCUT2D eigenvalue weighted by molar-refractivity contribution is 0.271. The van der Waals surface area contributed by atoms with Gasteiger partial charge < -0.3 is 15.1 Å². The number of para-hydroxylation sites is 1. The van der Waals surface area contributed by atoms with Gasteiger partial charge in [-0.1, -0.05) is 19.1 Å². The number of aromatic nitrogens is 2. The number of fused-ring (bicyclic) bond motifs is 1. The SMILES string of the molecule is CCN1CCN(c2ccc(Nc3nc4ccccc4c(=O)[nH]3)cc2)CC1. The van der Waals surface area contributed by atoms with Crippen molar-refractivity contribution >= 4 is 28.2 Å². The van der Waals surface area contributed by atoms with Crippen LogP contribution in [0.4, 0.5) is 17.3 Å². The second kappa shape index (κ2) is 7.17. The Morgan fingerprint density at radius 2 is 1.77 bits per heavy atom. The van der Waals surface area contributed by atoms with E-state index in [4.69, 9.17) is 0 Å². The molecule has 0 spiro atoms. The van der Waals surface area contributed by atoms with Gasteiger partial charge in [0.2, 0.25) is 5.95 Å². The Morgan fingerprint density at radius 3 is 2.50 bits per heavy atom. The highest BCUT2D eigenvalue weighted by Crippen LogP contribution is 2.21. The van der Waals surface area contributed by atoms with Crippen LogP contribution in [0.5, 0.6) is 0 Å². The molecule has 2 heterocycles. The molecule has 1 saturated heterocycles. The maximum absolute atomic E-state index is 12.2. The Bertz CT molecular complexity index is 942. The maximum Gasteiger partial charge on any atom is 0.260 e. The van der Waals surface area contributed by atoms with Gasteiger partial charge in [0.05, 0.1) is 10.9 Å². The van der Waals surface area contributed by atoms with Gasteiger partial charge in [-0.25, -0.2) is 4.98 Å². The molecule has 0 aliphatic carbocycles. The van der Waals surface area contributed by atoms with Gasteiger partial charge in [0.25, 0.3) is 5.56 Å². The van der Waals surface area contributed by atoms with E-state index < -0.39 is 0 Å². The molecule has 26 heavy (non-hydrogen) atoms. The van der Waals surface area contributed by atoms with Crippen LogP contribution in [0.15, 0.2) is 53.3 Å². The quantitative estimate of drug-likeness (QED) is 0.758. The molecule has 0 amide bonds. The average molecular weight is 349 g/mol. The van der Waals surface area contributed by atoms with E-state index in [1.165, 1.54) is 5.69 Å². The lowest BCUT2D eigenvalue weighted by Crippen LogP contribution is -2.46. The molecule has 1 aromatic heterocycles. The summed E-state index contributed by atoms with van der Waals surface area (Å²) < 4.78 is 0. The Hall–Kier alpha value is -2.86. The molecule has 0 radical (unpaired) electrons. The molecule has 3 aromatic rings. The first-order valence-corrected chi connectivity index (χ1v) is 9.06. The van der Waals surface area contributed by atoms with Crippen LogP contribution in [-0.2, 0) is 0 Å². The number of likely N-dealkylation sites (N-methyl/N-ethyl adjacent to an activating group) is 1. The van der Waals surface area contributed by atoms with Crippen molar-refractivity contribution in [1.29, 1.82) is 0 Å². The summed E-state index contributed by atoms with van der Waals surface area (Å²) in [4.78, 5) is 24.3. The molecule has 1 fully saturated rings. The summed E-state index contributed by atoms with van der Waals surface area (Å²) in [6.45, 7) is 7.66. The molecular formula is C20H23N5O. The van der Waals surface area contributed by atoms with Gasteiger partial charge >= 0.3 is 0 Å². The van der Waals surface area contributed by atoms with Gasteiger partial charge in [-0.15, -0.1) is 0 Å². The fourth-order valence-corrected chi connectivity index (χ4v) is 3.36. The van der Waals surface area contributed by atoms with Gasteiger partial charge in [0.1, 0.15) is 0 Å². The van der Waals surface area contributed by atoms with Crippen molar-refractivity contribution in [1.82, 2.24) is 14.9 Å². The van der Waals surface area contributed by atoms with E-state index >= 15 is 0 Å². The summed E-state index contributed by atoms with van der Waals surface area (Å²) in [5.74, 6) is 0.456. The van der Waals surface area contributed by atoms with Gasteiger partial charge in [0, 0.05) is 37.6 Å². The first kappa shape index (κ1) is 16.6. The summed E-state index contributed by atoms with van der Waals surface area (Å²) in [6.07, 6.45) is 0. The van der Waals surface area contributed by atoms with Crippen molar-refractivity contribution in [3.8, 4) is 0 Å². The van der Waals surface area contributed by atoms with Crippen LogP contribution < -0.4 is 15.8 Å². The fourth-order valence-electron chi connectivity index (χ4n) is 3.36. The van der Waals surface area contributed by atoms with Gasteiger partial charge in [-0.2, -0.15) is 0 Å². The van der Waals surface area contributed by atoms with E-state index in [2.05, 4.69) is 44.1 Å². The van der Waals surface area contributed by atoms with E-state index in [9.17, 15) is 4.79 Å². The van der Waals surface area contributed by atoms with Gasteiger partial charge in [-0.05, 0) is 42.9 Å². The number of hydrogen-bond acceptors (Lipinski definition) is 5. The number of H-pyrrole nitrogens is 1. The molecule has 0 atom stereocenters. The zero-order chi connectivity index (χ0) is 17.9. The molecule has 0 unspecified atom stereocenters. The summed E-state index contributed by atoms with van der Waals surface area (Å²) in [5.41, 5.74) is 2.68. The number of hydrogen-bond donors (Lipinski definition) is 2. The molecule has 6 heteroatoms. The minimum Gasteiger partial charge on any atom is -0.369 e. The molecule has 1 aliphatic heterocycles. The van der Waals surface area contributed by atoms with Crippen molar-refractivity contribution in [3.05, 3.63) is 58.9 Å². The standard InChI is InChI=1S/C20H23N5O/c1-2-24-11-13-25(14-12-24)16-9-7-15(8-10-16)21-20-22-18-6-4-3-5-17(18)19(26)23-20/h3-10H,2,11-14H2,1H3,(H2,21,22,23,26). The number of rotatable bonds is 4. The minimum absolute atomic E-state index is 0.136. The predicted molar refractivity (Wildman–Crippen MR) is 106 cm³/mol. The topological polar surface area (TPSA) is 64.3 Å². The smallest absolute Gasteiger partial charge is 0.260 e. The molecule has 4 rings (SSSR count). The first-order chi connectivity index (χ1) is 12.7. The highest BCUT2D eigenvalue weighted by Gasteiger charge is 2.15. The Balaban J connectivity index is 1.49. The number of benzene rings is 2. The molecule has 2 aromatic carbocycles. The zero-order valence-corrected chi connectivity index (χ0v) is 14.9. The minimum atomic E-state index is -0.136. The number of anilines is 3. The maximum atomic E-state index is 12.2. The molecule has 0 saturated carbocycles. The van der Waals surface area contributed by atoms with Crippen LogP contribution in [0.25, 0.3) is 10.9 Å². The van der Waals surface area contributed by atoms with E-state index in [1.807, 2.05) is 30.3 Å².